The number of hydrogen-bond donors (Lipinski definition) is 1. The molecule has 2 rings (SSSR count). The number of benzene rings is 1. The monoisotopic (exact) mass is 328 g/mol. The third-order valence-corrected chi connectivity index (χ3v) is 3.24. The largest absolute Gasteiger partial charge is 0.497 e. The van der Waals surface area contributed by atoms with E-state index in [1.807, 2.05) is 4.90 Å². The van der Waals surface area contributed by atoms with Crippen molar-refractivity contribution in [2.75, 3.05) is 33.3 Å². The van der Waals surface area contributed by atoms with Crippen molar-refractivity contribution in [3.05, 3.63) is 29.8 Å². The van der Waals surface area contributed by atoms with Gasteiger partial charge in [-0.05, 0) is 17.7 Å². The van der Waals surface area contributed by atoms with Crippen LogP contribution in [-0.2, 0) is 0 Å². The van der Waals surface area contributed by atoms with Gasteiger partial charge >= 0.3 is 0 Å². The molecule has 1 fully saturated rings. The third kappa shape index (κ3) is 4.74. The Morgan fingerprint density at radius 1 is 1.10 bits per heavy atom. The van der Waals surface area contributed by atoms with E-state index in [-0.39, 0.29) is 24.8 Å². The Kier molecular flexibility index (Phi) is 9.05. The molecule has 3 nitrogen and oxygen atoms in total. The van der Waals surface area contributed by atoms with Crippen LogP contribution in [-0.4, -0.2) is 44.6 Å². The Morgan fingerprint density at radius 2 is 1.65 bits per heavy atom. The van der Waals surface area contributed by atoms with Crippen molar-refractivity contribution in [3.63, 3.8) is 0 Å². The predicted molar refractivity (Wildman–Crippen MR) is 80.7 cm³/mol. The highest BCUT2D eigenvalue weighted by atomic mass is 35.5. The molecule has 7 heteroatoms. The van der Waals surface area contributed by atoms with Crippen LogP contribution in [0.5, 0.6) is 5.75 Å². The molecule has 0 spiro atoms. The molecule has 1 aromatic rings. The zero-order valence-electron chi connectivity index (χ0n) is 11.2. The van der Waals surface area contributed by atoms with Crippen molar-refractivity contribution in [1.82, 2.24) is 10.2 Å². The van der Waals surface area contributed by atoms with Crippen LogP contribution >= 0.6 is 24.8 Å². The van der Waals surface area contributed by atoms with Gasteiger partial charge in [0.2, 0.25) is 0 Å². The fourth-order valence-corrected chi connectivity index (χ4v) is 2.28. The Balaban J connectivity index is 0.00000180. The predicted octanol–water partition coefficient (Wildman–Crippen LogP) is 2.75. The number of alkyl halides is 2. The SMILES string of the molecule is COc1ccc([C@H](C(F)F)N2CCNCC2)cc1.Cl.Cl. The summed E-state index contributed by atoms with van der Waals surface area (Å²) in [7, 11) is 1.57. The molecule has 1 saturated heterocycles. The molecule has 1 aliphatic rings. The summed E-state index contributed by atoms with van der Waals surface area (Å²) in [5.74, 6) is 0.687. The molecule has 116 valence electrons. The number of ether oxygens (including phenoxy) is 1. The van der Waals surface area contributed by atoms with Crippen LogP contribution < -0.4 is 10.1 Å². The molecular formula is C13H20Cl2F2N2O. The lowest BCUT2D eigenvalue weighted by Crippen LogP contribution is -2.46. The van der Waals surface area contributed by atoms with Crippen LogP contribution in [0.1, 0.15) is 11.6 Å². The molecular weight excluding hydrogens is 309 g/mol. The zero-order chi connectivity index (χ0) is 13.0. The van der Waals surface area contributed by atoms with Crippen molar-refractivity contribution in [3.8, 4) is 5.75 Å². The molecule has 0 bridgehead atoms. The van der Waals surface area contributed by atoms with Crippen molar-refractivity contribution < 1.29 is 13.5 Å². The van der Waals surface area contributed by atoms with Gasteiger partial charge in [0.15, 0.2) is 0 Å². The summed E-state index contributed by atoms with van der Waals surface area (Å²) in [5, 5.41) is 3.17. The summed E-state index contributed by atoms with van der Waals surface area (Å²) >= 11 is 0. The topological polar surface area (TPSA) is 24.5 Å². The highest BCUT2D eigenvalue weighted by Gasteiger charge is 2.29. The second-order valence-corrected chi connectivity index (χ2v) is 4.34. The van der Waals surface area contributed by atoms with Crippen LogP contribution in [0.4, 0.5) is 8.78 Å². The van der Waals surface area contributed by atoms with Gasteiger partial charge in [0.05, 0.1) is 13.2 Å². The number of hydrogen-bond acceptors (Lipinski definition) is 3. The Labute approximate surface area is 130 Å². The minimum absolute atomic E-state index is 0. The summed E-state index contributed by atoms with van der Waals surface area (Å²) in [6, 6.07) is 6.08. The highest BCUT2D eigenvalue weighted by Crippen LogP contribution is 2.28. The van der Waals surface area contributed by atoms with Gasteiger partial charge in [-0.25, -0.2) is 8.78 Å². The van der Waals surface area contributed by atoms with Gasteiger partial charge in [-0.3, -0.25) is 4.90 Å². The third-order valence-electron chi connectivity index (χ3n) is 3.24. The first-order chi connectivity index (χ1) is 8.72. The van der Waals surface area contributed by atoms with E-state index in [9.17, 15) is 8.78 Å². The summed E-state index contributed by atoms with van der Waals surface area (Å²) in [5.41, 5.74) is 0.646. The fraction of sp³-hybridized carbons (Fsp3) is 0.538. The average Bonchev–Trinajstić information content (AvgIpc) is 2.40. The van der Waals surface area contributed by atoms with Gasteiger partial charge in [-0.2, -0.15) is 0 Å². The van der Waals surface area contributed by atoms with Gasteiger partial charge in [-0.15, -0.1) is 24.8 Å². The molecule has 1 atom stereocenters. The van der Waals surface area contributed by atoms with Crippen LogP contribution in [0.15, 0.2) is 24.3 Å². The van der Waals surface area contributed by atoms with Gasteiger partial charge in [0.25, 0.3) is 6.43 Å². The standard InChI is InChI=1S/C13H18F2N2O.2ClH/c1-18-11-4-2-10(3-5-11)12(13(14)15)17-8-6-16-7-9-17;;/h2-5,12-13,16H,6-9H2,1H3;2*1H/t12-;;/m1../s1. The van der Waals surface area contributed by atoms with Crippen molar-refractivity contribution in [2.24, 2.45) is 0 Å². The van der Waals surface area contributed by atoms with Gasteiger partial charge in [-0.1, -0.05) is 12.1 Å². The lowest BCUT2D eigenvalue weighted by molar-refractivity contribution is 0.0181. The molecule has 1 aliphatic heterocycles. The second-order valence-electron chi connectivity index (χ2n) is 4.34. The molecule has 1 aromatic carbocycles. The second kappa shape index (κ2) is 9.34. The molecule has 0 aromatic heterocycles. The summed E-state index contributed by atoms with van der Waals surface area (Å²) in [6.45, 7) is 2.83. The molecule has 1 N–H and O–H groups in total. The first-order valence-electron chi connectivity index (χ1n) is 6.09. The smallest absolute Gasteiger partial charge is 0.258 e. The van der Waals surface area contributed by atoms with Crippen molar-refractivity contribution >= 4 is 24.8 Å². The lowest BCUT2D eigenvalue weighted by Gasteiger charge is -2.34. The maximum absolute atomic E-state index is 13.3. The van der Waals surface area contributed by atoms with E-state index in [1.165, 1.54) is 0 Å². The minimum atomic E-state index is -2.38. The molecule has 0 amide bonds. The van der Waals surface area contributed by atoms with Crippen LogP contribution in [0.2, 0.25) is 0 Å². The summed E-state index contributed by atoms with van der Waals surface area (Å²) in [4.78, 5) is 1.84. The van der Waals surface area contributed by atoms with E-state index >= 15 is 0 Å². The Hall–Kier alpha value is -0.620. The number of halogens is 4. The Morgan fingerprint density at radius 3 is 2.10 bits per heavy atom. The van der Waals surface area contributed by atoms with Gasteiger partial charge in [0, 0.05) is 26.2 Å². The molecule has 0 saturated carbocycles. The maximum atomic E-state index is 13.3. The van der Waals surface area contributed by atoms with Crippen molar-refractivity contribution in [1.29, 1.82) is 0 Å². The highest BCUT2D eigenvalue weighted by molar-refractivity contribution is 5.85. The first-order valence-corrected chi connectivity index (χ1v) is 6.09. The molecule has 20 heavy (non-hydrogen) atoms. The van der Waals surface area contributed by atoms with Crippen molar-refractivity contribution in [2.45, 2.75) is 12.5 Å². The average molecular weight is 329 g/mol. The number of methoxy groups -OCH3 is 1. The zero-order valence-corrected chi connectivity index (χ0v) is 12.9. The lowest BCUT2D eigenvalue weighted by atomic mass is 10.0. The minimum Gasteiger partial charge on any atom is -0.497 e. The number of nitrogens with one attached hydrogen (secondary N) is 1. The first kappa shape index (κ1) is 19.4. The number of nitrogens with zero attached hydrogens (tertiary/aromatic N) is 1. The summed E-state index contributed by atoms with van der Waals surface area (Å²) < 4.78 is 31.6. The van der Waals surface area contributed by atoms with E-state index in [0.717, 1.165) is 13.1 Å². The molecule has 0 unspecified atom stereocenters. The quantitative estimate of drug-likeness (QED) is 0.919. The van der Waals surface area contributed by atoms with E-state index in [0.29, 0.717) is 24.4 Å². The number of piperazine rings is 1. The Bertz CT molecular complexity index is 373. The molecule has 0 aliphatic carbocycles. The van der Waals surface area contributed by atoms with Crippen LogP contribution in [0, 0.1) is 0 Å². The van der Waals surface area contributed by atoms with E-state index in [2.05, 4.69) is 5.32 Å². The molecule has 0 radical (unpaired) electrons. The fourth-order valence-electron chi connectivity index (χ4n) is 2.28. The maximum Gasteiger partial charge on any atom is 0.258 e. The molecule has 1 heterocycles. The van der Waals surface area contributed by atoms with E-state index < -0.39 is 12.5 Å². The normalized spacial score (nSPS) is 17.0. The summed E-state index contributed by atoms with van der Waals surface area (Å²) in [6.07, 6.45) is -2.38. The van der Waals surface area contributed by atoms with E-state index in [1.54, 1.807) is 31.4 Å². The number of rotatable bonds is 4. The van der Waals surface area contributed by atoms with Crippen LogP contribution in [0.3, 0.4) is 0 Å². The van der Waals surface area contributed by atoms with Gasteiger partial charge < -0.3 is 10.1 Å². The van der Waals surface area contributed by atoms with Gasteiger partial charge in [0.1, 0.15) is 5.75 Å². The van der Waals surface area contributed by atoms with Crippen LogP contribution in [0.25, 0.3) is 0 Å². The van der Waals surface area contributed by atoms with E-state index in [4.69, 9.17) is 4.74 Å².